The molecule has 1 aliphatic rings. The highest BCUT2D eigenvalue weighted by Crippen LogP contribution is 2.52. The molecule has 0 radical (unpaired) electrons. The second kappa shape index (κ2) is 17.2. The predicted octanol–water partition coefficient (Wildman–Crippen LogP) is 19.8. The molecule has 2 heterocycles. The summed E-state index contributed by atoms with van der Waals surface area (Å²) in [4.78, 5) is 2.48. The third-order valence-electron chi connectivity index (χ3n) is 16.3. The molecule has 358 valence electrons. The fourth-order valence-corrected chi connectivity index (χ4v) is 12.6. The second-order valence-electron chi connectivity index (χ2n) is 20.9. The van der Waals surface area contributed by atoms with Crippen LogP contribution in [0.3, 0.4) is 0 Å². The van der Waals surface area contributed by atoms with Gasteiger partial charge in [-0.25, -0.2) is 0 Å². The zero-order chi connectivity index (χ0) is 50.5. The van der Waals surface area contributed by atoms with Gasteiger partial charge in [-0.05, 0) is 140 Å². The number of nitrogens with zero attached hydrogens (tertiary/aromatic N) is 3. The first-order chi connectivity index (χ1) is 37.5. The van der Waals surface area contributed by atoms with Gasteiger partial charge in [0.1, 0.15) is 0 Å². The van der Waals surface area contributed by atoms with E-state index < -0.39 is 0 Å². The predicted molar refractivity (Wildman–Crippen MR) is 321 cm³/mol. The highest BCUT2D eigenvalue weighted by atomic mass is 15.1. The lowest BCUT2D eigenvalue weighted by Crippen LogP contribution is -2.17. The summed E-state index contributed by atoms with van der Waals surface area (Å²) in [6.45, 7) is 4.80. The van der Waals surface area contributed by atoms with Crippen LogP contribution in [0.1, 0.15) is 25.0 Å². The van der Waals surface area contributed by atoms with Crippen molar-refractivity contribution in [2.45, 2.75) is 19.3 Å². The average Bonchev–Trinajstić information content (AvgIpc) is 4.08. The van der Waals surface area contributed by atoms with Crippen LogP contribution in [0.5, 0.6) is 0 Å². The van der Waals surface area contributed by atoms with E-state index in [-0.39, 0.29) is 5.41 Å². The number of benzene rings is 12. The Labute approximate surface area is 442 Å². The van der Waals surface area contributed by atoms with E-state index >= 15 is 0 Å². The maximum absolute atomic E-state index is 2.48. The fraction of sp³-hybridized carbons (Fsp3) is 0.0411. The maximum Gasteiger partial charge on any atom is 0.0547 e. The minimum absolute atomic E-state index is 0.274. The van der Waals surface area contributed by atoms with Crippen LogP contribution in [0.25, 0.3) is 110 Å². The smallest absolute Gasteiger partial charge is 0.0547 e. The van der Waals surface area contributed by atoms with E-state index in [9.17, 15) is 0 Å². The van der Waals surface area contributed by atoms with Gasteiger partial charge in [-0.2, -0.15) is 0 Å². The van der Waals surface area contributed by atoms with Gasteiger partial charge in [0.2, 0.25) is 0 Å². The number of aromatic nitrogens is 2. The Morgan fingerprint density at radius 1 is 0.276 bits per heavy atom. The van der Waals surface area contributed by atoms with Crippen molar-refractivity contribution in [2.24, 2.45) is 0 Å². The lowest BCUT2D eigenvalue weighted by Gasteiger charge is -2.29. The summed E-state index contributed by atoms with van der Waals surface area (Å²) in [6, 6.07) is 101. The Bertz CT molecular complexity index is 4520. The van der Waals surface area contributed by atoms with Crippen molar-refractivity contribution in [3.63, 3.8) is 0 Å². The second-order valence-corrected chi connectivity index (χ2v) is 20.9. The van der Waals surface area contributed by atoms with E-state index in [4.69, 9.17) is 0 Å². The first kappa shape index (κ1) is 43.8. The minimum atomic E-state index is -0.274. The number of para-hydroxylation sites is 4. The lowest BCUT2D eigenvalue weighted by atomic mass is 9.82. The molecule has 3 nitrogen and oxygen atoms in total. The molecule has 15 rings (SSSR count). The Morgan fingerprint density at radius 2 is 0.711 bits per heavy atom. The first-order valence-electron chi connectivity index (χ1n) is 26.4. The number of hydrogen-bond acceptors (Lipinski definition) is 1. The van der Waals surface area contributed by atoms with Crippen molar-refractivity contribution in [1.82, 2.24) is 9.13 Å². The molecule has 0 fully saturated rings. The largest absolute Gasteiger partial charge is 0.310 e. The molecule has 0 unspecified atom stereocenters. The molecule has 0 saturated carbocycles. The molecular weight excluding hydrogens is 919 g/mol. The van der Waals surface area contributed by atoms with Gasteiger partial charge in [-0.15, -0.1) is 0 Å². The molecule has 76 heavy (non-hydrogen) atoms. The highest BCUT2D eigenvalue weighted by Gasteiger charge is 2.37. The van der Waals surface area contributed by atoms with Crippen molar-refractivity contribution >= 4 is 71.4 Å². The third kappa shape index (κ3) is 6.82. The van der Waals surface area contributed by atoms with Gasteiger partial charge in [0, 0.05) is 55.1 Å². The molecule has 0 atom stereocenters. The Balaban J connectivity index is 0.872. The van der Waals surface area contributed by atoms with Gasteiger partial charge in [0.15, 0.2) is 0 Å². The van der Waals surface area contributed by atoms with Crippen LogP contribution < -0.4 is 4.90 Å². The molecule has 1 aliphatic carbocycles. The molecule has 0 bridgehead atoms. The lowest BCUT2D eigenvalue weighted by molar-refractivity contribution is 0.660. The standard InChI is InChI=1S/C73H51N3/c1-73(2)66-46-55(38-41-59(66)60-42-39-56(47-67(60)73)76-69-27-15-11-23-62(69)63-24-12-16-28-70(63)76)74(54-36-33-51(34-37-54)50-31-29-49(30-32-50)48-17-5-3-6-18-48)71-44-43-57(58-21-9-10-22-61(58)71)52-35-40-65-64-25-13-14-26-68(64)75(72(65)45-52)53-19-7-4-8-20-53/h3-47H,1-2H3. The third-order valence-corrected chi connectivity index (χ3v) is 16.3. The van der Waals surface area contributed by atoms with Gasteiger partial charge >= 0.3 is 0 Å². The Morgan fingerprint density at radius 3 is 1.33 bits per heavy atom. The minimum Gasteiger partial charge on any atom is -0.310 e. The van der Waals surface area contributed by atoms with Gasteiger partial charge in [0.05, 0.1) is 27.8 Å². The Hall–Kier alpha value is -9.70. The van der Waals surface area contributed by atoms with Crippen LogP contribution in [0.2, 0.25) is 0 Å². The molecule has 0 N–H and O–H groups in total. The van der Waals surface area contributed by atoms with E-state index in [1.807, 2.05) is 0 Å². The van der Waals surface area contributed by atoms with Gasteiger partial charge in [-0.1, -0.05) is 208 Å². The molecule has 0 amide bonds. The molecule has 3 heteroatoms. The number of hydrogen-bond donors (Lipinski definition) is 0. The van der Waals surface area contributed by atoms with Gasteiger partial charge < -0.3 is 14.0 Å². The number of rotatable bonds is 8. The molecule has 2 aromatic heterocycles. The molecule has 0 spiro atoms. The summed E-state index contributed by atoms with van der Waals surface area (Å²) in [5.74, 6) is 0. The SMILES string of the molecule is CC1(C)c2cc(N(c3ccc(-c4ccc(-c5ccccc5)cc4)cc3)c3ccc(-c4ccc5c6ccccc6n(-c6ccccc6)c5c4)c4ccccc34)ccc2-c2ccc(-n3c4ccccc4c4ccccc43)cc21. The molecule has 0 saturated heterocycles. The van der Waals surface area contributed by atoms with Crippen LogP contribution in [0.4, 0.5) is 17.1 Å². The maximum atomic E-state index is 2.48. The number of anilines is 3. The fourth-order valence-electron chi connectivity index (χ4n) is 12.6. The van der Waals surface area contributed by atoms with Crippen molar-refractivity contribution in [2.75, 3.05) is 4.90 Å². The zero-order valence-electron chi connectivity index (χ0n) is 42.3. The normalized spacial score (nSPS) is 12.7. The summed E-state index contributed by atoms with van der Waals surface area (Å²) in [5.41, 5.74) is 22.7. The van der Waals surface area contributed by atoms with Crippen molar-refractivity contribution in [1.29, 1.82) is 0 Å². The summed E-state index contributed by atoms with van der Waals surface area (Å²) in [7, 11) is 0. The summed E-state index contributed by atoms with van der Waals surface area (Å²) < 4.78 is 4.85. The molecule has 0 aliphatic heterocycles. The molecule has 14 aromatic rings. The van der Waals surface area contributed by atoms with Crippen LogP contribution in [-0.2, 0) is 5.41 Å². The van der Waals surface area contributed by atoms with E-state index in [1.54, 1.807) is 0 Å². The average molecular weight is 970 g/mol. The number of fused-ring (bicyclic) bond motifs is 10. The van der Waals surface area contributed by atoms with E-state index in [0.29, 0.717) is 0 Å². The van der Waals surface area contributed by atoms with Crippen molar-refractivity contribution in [3.05, 3.63) is 284 Å². The quantitative estimate of drug-likeness (QED) is 0.148. The monoisotopic (exact) mass is 969 g/mol. The topological polar surface area (TPSA) is 13.1 Å². The highest BCUT2D eigenvalue weighted by molar-refractivity contribution is 6.13. The Kier molecular flexibility index (Phi) is 9.92. The zero-order valence-corrected chi connectivity index (χ0v) is 42.3. The van der Waals surface area contributed by atoms with Gasteiger partial charge in [-0.3, -0.25) is 0 Å². The van der Waals surface area contributed by atoms with E-state index in [0.717, 1.165) is 22.7 Å². The van der Waals surface area contributed by atoms with Crippen LogP contribution in [0.15, 0.2) is 273 Å². The molecule has 12 aromatic carbocycles. The van der Waals surface area contributed by atoms with E-state index in [1.165, 1.54) is 116 Å². The van der Waals surface area contributed by atoms with Crippen LogP contribution >= 0.6 is 0 Å². The first-order valence-corrected chi connectivity index (χ1v) is 26.4. The van der Waals surface area contributed by atoms with Crippen LogP contribution in [-0.4, -0.2) is 9.13 Å². The van der Waals surface area contributed by atoms with Crippen molar-refractivity contribution in [3.8, 4) is 55.9 Å². The molecular formula is C73H51N3. The van der Waals surface area contributed by atoms with E-state index in [2.05, 4.69) is 301 Å². The van der Waals surface area contributed by atoms with Crippen molar-refractivity contribution < 1.29 is 0 Å². The van der Waals surface area contributed by atoms with Gasteiger partial charge in [0.25, 0.3) is 0 Å². The summed E-state index contributed by atoms with van der Waals surface area (Å²) in [5, 5.41) is 7.43. The summed E-state index contributed by atoms with van der Waals surface area (Å²) in [6.07, 6.45) is 0. The van der Waals surface area contributed by atoms with Crippen LogP contribution in [0, 0.1) is 0 Å². The summed E-state index contributed by atoms with van der Waals surface area (Å²) >= 11 is 0.